The van der Waals surface area contributed by atoms with Crippen LogP contribution >= 0.6 is 0 Å². The highest BCUT2D eigenvalue weighted by Gasteiger charge is 2.56. The number of rotatable bonds is 0. The van der Waals surface area contributed by atoms with Crippen molar-refractivity contribution in [1.29, 1.82) is 0 Å². The third kappa shape index (κ3) is 2.02. The molecule has 116 valence electrons. The fourth-order valence-electron chi connectivity index (χ4n) is 4.83. The van der Waals surface area contributed by atoms with Gasteiger partial charge < -0.3 is 5.11 Å². The molecule has 2 aliphatic rings. The molecular formula is C17H21F3O. The van der Waals surface area contributed by atoms with Gasteiger partial charge in [-0.1, -0.05) is 33.3 Å². The Morgan fingerprint density at radius 2 is 1.81 bits per heavy atom. The molecule has 0 aliphatic heterocycles. The second-order valence-electron chi connectivity index (χ2n) is 7.48. The Labute approximate surface area is 123 Å². The van der Waals surface area contributed by atoms with Crippen molar-refractivity contribution >= 4 is 0 Å². The second kappa shape index (κ2) is 4.25. The molecule has 1 fully saturated rings. The molecule has 2 unspecified atom stereocenters. The Balaban J connectivity index is 2.17. The fraction of sp³-hybridized carbons (Fsp3) is 0.647. The lowest BCUT2D eigenvalue weighted by atomic mass is 9.56. The summed E-state index contributed by atoms with van der Waals surface area (Å²) in [7, 11) is 0. The van der Waals surface area contributed by atoms with Crippen molar-refractivity contribution in [2.75, 3.05) is 0 Å². The molecule has 0 saturated heterocycles. The molecule has 0 heterocycles. The summed E-state index contributed by atoms with van der Waals surface area (Å²) >= 11 is 0. The van der Waals surface area contributed by atoms with E-state index in [2.05, 4.69) is 13.8 Å². The normalized spacial score (nSPS) is 34.4. The maximum Gasteiger partial charge on any atom is 0.416 e. The van der Waals surface area contributed by atoms with Crippen molar-refractivity contribution in [1.82, 2.24) is 0 Å². The summed E-state index contributed by atoms with van der Waals surface area (Å²) in [6.07, 6.45) is -2.17. The van der Waals surface area contributed by atoms with Crippen LogP contribution in [0.1, 0.15) is 62.8 Å². The summed E-state index contributed by atoms with van der Waals surface area (Å²) in [5, 5.41) is 10.7. The lowest BCUT2D eigenvalue weighted by Gasteiger charge is -2.48. The van der Waals surface area contributed by atoms with Gasteiger partial charge in [0.1, 0.15) is 0 Å². The molecule has 1 saturated carbocycles. The smallest absolute Gasteiger partial charge is 0.388 e. The van der Waals surface area contributed by atoms with Gasteiger partial charge in [0.15, 0.2) is 0 Å². The van der Waals surface area contributed by atoms with Gasteiger partial charge in [0.05, 0.1) is 11.7 Å². The van der Waals surface area contributed by atoms with E-state index in [1.165, 1.54) is 12.1 Å². The third-order valence-electron chi connectivity index (χ3n) is 5.68. The minimum atomic E-state index is -4.33. The van der Waals surface area contributed by atoms with Crippen molar-refractivity contribution in [3.05, 3.63) is 34.9 Å². The van der Waals surface area contributed by atoms with Gasteiger partial charge in [0, 0.05) is 5.92 Å². The zero-order chi connectivity index (χ0) is 15.6. The average Bonchev–Trinajstić information content (AvgIpc) is 2.58. The fourth-order valence-corrected chi connectivity index (χ4v) is 4.83. The highest BCUT2D eigenvalue weighted by atomic mass is 19.4. The van der Waals surface area contributed by atoms with Crippen LogP contribution in [-0.4, -0.2) is 5.11 Å². The molecule has 1 N–H and O–H groups in total. The minimum absolute atomic E-state index is 0.0165. The predicted molar refractivity (Wildman–Crippen MR) is 74.9 cm³/mol. The summed E-state index contributed by atoms with van der Waals surface area (Å²) in [6, 6.07) is 3.83. The summed E-state index contributed by atoms with van der Waals surface area (Å²) in [6.45, 7) is 6.26. The lowest BCUT2D eigenvalue weighted by Crippen LogP contribution is -2.43. The van der Waals surface area contributed by atoms with Crippen LogP contribution in [0.4, 0.5) is 13.2 Å². The van der Waals surface area contributed by atoms with E-state index in [1.807, 2.05) is 6.92 Å². The van der Waals surface area contributed by atoms with Crippen LogP contribution in [0.25, 0.3) is 0 Å². The monoisotopic (exact) mass is 298 g/mol. The van der Waals surface area contributed by atoms with Gasteiger partial charge in [-0.25, -0.2) is 0 Å². The average molecular weight is 298 g/mol. The molecule has 0 spiro atoms. The number of halogens is 3. The molecular weight excluding hydrogens is 277 g/mol. The van der Waals surface area contributed by atoms with Crippen molar-refractivity contribution < 1.29 is 18.3 Å². The molecule has 2 aliphatic carbocycles. The van der Waals surface area contributed by atoms with Crippen molar-refractivity contribution in [3.8, 4) is 0 Å². The third-order valence-corrected chi connectivity index (χ3v) is 5.68. The van der Waals surface area contributed by atoms with Crippen molar-refractivity contribution in [2.45, 2.75) is 57.7 Å². The quantitative estimate of drug-likeness (QED) is 0.727. The summed E-state index contributed by atoms with van der Waals surface area (Å²) < 4.78 is 39.0. The van der Waals surface area contributed by atoms with Crippen LogP contribution in [0.5, 0.6) is 0 Å². The number of aliphatic hydroxyl groups is 1. The summed E-state index contributed by atoms with van der Waals surface area (Å²) in [5.41, 5.74) is 0.341. The summed E-state index contributed by atoms with van der Waals surface area (Å²) in [4.78, 5) is 0. The molecule has 0 amide bonds. The van der Waals surface area contributed by atoms with Gasteiger partial charge in [-0.05, 0) is 46.9 Å². The first-order chi connectivity index (χ1) is 9.57. The van der Waals surface area contributed by atoms with Crippen LogP contribution in [0.3, 0.4) is 0 Å². The molecule has 1 aromatic rings. The van der Waals surface area contributed by atoms with E-state index in [1.54, 1.807) is 0 Å². The predicted octanol–water partition coefficient (Wildman–Crippen LogP) is 4.84. The van der Waals surface area contributed by atoms with E-state index in [9.17, 15) is 18.3 Å². The first kappa shape index (κ1) is 14.9. The van der Waals surface area contributed by atoms with Gasteiger partial charge in [-0.3, -0.25) is 0 Å². The van der Waals surface area contributed by atoms with Crippen LogP contribution < -0.4 is 0 Å². The Hall–Kier alpha value is -1.03. The molecule has 0 bridgehead atoms. The van der Waals surface area contributed by atoms with Crippen LogP contribution in [-0.2, 0) is 11.6 Å². The van der Waals surface area contributed by atoms with Crippen LogP contribution in [0.2, 0.25) is 0 Å². The highest BCUT2D eigenvalue weighted by Crippen LogP contribution is 2.62. The number of fused-ring (bicyclic) bond motifs is 3. The van der Waals surface area contributed by atoms with Gasteiger partial charge in [0.25, 0.3) is 0 Å². The van der Waals surface area contributed by atoms with Gasteiger partial charge >= 0.3 is 6.18 Å². The summed E-state index contributed by atoms with van der Waals surface area (Å²) in [5.74, 6) is -0.0165. The first-order valence-electron chi connectivity index (χ1n) is 7.47. The number of hydrogen-bond acceptors (Lipinski definition) is 1. The molecule has 3 atom stereocenters. The first-order valence-corrected chi connectivity index (χ1v) is 7.47. The molecule has 0 radical (unpaired) electrons. The number of aliphatic hydroxyl groups excluding tert-OH is 1. The van der Waals surface area contributed by atoms with E-state index in [0.717, 1.165) is 25.3 Å². The van der Waals surface area contributed by atoms with E-state index in [-0.39, 0.29) is 16.7 Å². The van der Waals surface area contributed by atoms with Crippen molar-refractivity contribution in [3.63, 3.8) is 0 Å². The van der Waals surface area contributed by atoms with E-state index in [0.29, 0.717) is 11.1 Å². The Morgan fingerprint density at radius 1 is 1.14 bits per heavy atom. The van der Waals surface area contributed by atoms with Gasteiger partial charge in [-0.2, -0.15) is 13.2 Å². The minimum Gasteiger partial charge on any atom is -0.388 e. The molecule has 1 nitrogen and oxygen atoms in total. The maximum absolute atomic E-state index is 13.0. The van der Waals surface area contributed by atoms with E-state index >= 15 is 0 Å². The standard InChI is InChI=1S/C17H21F3O/c1-15(2)7-4-8-16(3)12-9-10(17(18,19)20)5-6-11(12)13(21)14(15)16/h5-6,9,13-14,21H,4,7-8H2,1-3H3/t13?,14-,16?/m0/s1. The second-order valence-corrected chi connectivity index (χ2v) is 7.48. The number of benzene rings is 1. The van der Waals surface area contributed by atoms with Gasteiger partial charge in [0.2, 0.25) is 0 Å². The molecule has 3 rings (SSSR count). The maximum atomic E-state index is 13.0. The topological polar surface area (TPSA) is 20.2 Å². The van der Waals surface area contributed by atoms with Gasteiger partial charge in [-0.15, -0.1) is 0 Å². The molecule has 0 aromatic heterocycles. The van der Waals surface area contributed by atoms with Crippen LogP contribution in [0, 0.1) is 11.3 Å². The van der Waals surface area contributed by atoms with E-state index in [4.69, 9.17) is 0 Å². The molecule has 21 heavy (non-hydrogen) atoms. The Kier molecular flexibility index (Phi) is 3.01. The lowest BCUT2D eigenvalue weighted by molar-refractivity contribution is -0.137. The highest BCUT2D eigenvalue weighted by molar-refractivity contribution is 5.46. The van der Waals surface area contributed by atoms with Crippen molar-refractivity contribution in [2.24, 2.45) is 11.3 Å². The van der Waals surface area contributed by atoms with E-state index < -0.39 is 17.8 Å². The molecule has 4 heteroatoms. The largest absolute Gasteiger partial charge is 0.416 e. The zero-order valence-corrected chi connectivity index (χ0v) is 12.6. The number of hydrogen-bond donors (Lipinski definition) is 1. The SMILES string of the molecule is CC1(C)CCCC2(C)c3cc(C(F)(F)F)ccc3C(O)[C@@H]12. The Bertz CT molecular complexity index is 576. The Morgan fingerprint density at radius 3 is 2.43 bits per heavy atom. The molecule has 1 aromatic carbocycles. The van der Waals surface area contributed by atoms with Crippen LogP contribution in [0.15, 0.2) is 18.2 Å². The zero-order valence-electron chi connectivity index (χ0n) is 12.6. The number of alkyl halides is 3.